The molecular formula is C16H15ClN4O3. The largest absolute Gasteiger partial charge is 0.484 e. The lowest BCUT2D eigenvalue weighted by Crippen LogP contribution is -2.24. The van der Waals surface area contributed by atoms with E-state index >= 15 is 0 Å². The Bertz CT molecular complexity index is 1010. The second kappa shape index (κ2) is 5.52. The molecule has 0 atom stereocenters. The standard InChI is InChI=1S/C16H15ClN4O3/c1-9-13-11(14(17)20(9)2)7-18-21(16(13)22)8-10-3-4-12-15(19-10)24-6-5-23-12/h3-4,7H,5-6,8H2,1-2H3. The van der Waals surface area contributed by atoms with Gasteiger partial charge in [0, 0.05) is 18.1 Å². The fourth-order valence-electron chi connectivity index (χ4n) is 2.81. The lowest BCUT2D eigenvalue weighted by atomic mass is 10.2. The van der Waals surface area contributed by atoms with Crippen LogP contribution in [0.5, 0.6) is 11.6 Å². The number of rotatable bonds is 2. The van der Waals surface area contributed by atoms with Crippen molar-refractivity contribution in [3.05, 3.63) is 45.2 Å². The second-order valence-electron chi connectivity index (χ2n) is 5.63. The van der Waals surface area contributed by atoms with Gasteiger partial charge < -0.3 is 14.0 Å². The van der Waals surface area contributed by atoms with Crippen LogP contribution in [0.15, 0.2) is 23.1 Å². The van der Waals surface area contributed by atoms with Crippen LogP contribution < -0.4 is 15.0 Å². The number of ether oxygens (including phenoxy) is 2. The van der Waals surface area contributed by atoms with Gasteiger partial charge in [0.05, 0.1) is 23.8 Å². The van der Waals surface area contributed by atoms with Crippen LogP contribution in [-0.2, 0) is 13.6 Å². The van der Waals surface area contributed by atoms with Crippen molar-refractivity contribution in [1.82, 2.24) is 19.3 Å². The molecule has 0 unspecified atom stereocenters. The van der Waals surface area contributed by atoms with Gasteiger partial charge in [-0.15, -0.1) is 0 Å². The second-order valence-corrected chi connectivity index (χ2v) is 5.99. The van der Waals surface area contributed by atoms with Crippen LogP contribution in [0.25, 0.3) is 10.8 Å². The molecule has 0 N–H and O–H groups in total. The molecule has 0 spiro atoms. The van der Waals surface area contributed by atoms with Crippen LogP contribution in [0.1, 0.15) is 11.4 Å². The van der Waals surface area contributed by atoms with E-state index in [0.717, 1.165) is 5.69 Å². The quantitative estimate of drug-likeness (QED) is 0.709. The zero-order valence-electron chi connectivity index (χ0n) is 13.2. The number of halogens is 1. The molecular weight excluding hydrogens is 332 g/mol. The number of fused-ring (bicyclic) bond motifs is 2. The zero-order chi connectivity index (χ0) is 16.8. The van der Waals surface area contributed by atoms with Gasteiger partial charge in [0.2, 0.25) is 0 Å². The molecule has 3 aromatic rings. The summed E-state index contributed by atoms with van der Waals surface area (Å²) in [6.45, 7) is 3.09. The molecule has 0 saturated heterocycles. The Labute approximate surface area is 142 Å². The summed E-state index contributed by atoms with van der Waals surface area (Å²) < 4.78 is 14.1. The lowest BCUT2D eigenvalue weighted by molar-refractivity contribution is 0.164. The van der Waals surface area contributed by atoms with Crippen LogP contribution in [0, 0.1) is 6.92 Å². The van der Waals surface area contributed by atoms with E-state index in [1.165, 1.54) is 4.68 Å². The third-order valence-electron chi connectivity index (χ3n) is 4.20. The van der Waals surface area contributed by atoms with E-state index in [4.69, 9.17) is 21.1 Å². The summed E-state index contributed by atoms with van der Waals surface area (Å²) in [6.07, 6.45) is 1.62. The molecule has 24 heavy (non-hydrogen) atoms. The molecule has 0 bridgehead atoms. The minimum atomic E-state index is -0.191. The molecule has 0 aromatic carbocycles. The van der Waals surface area contributed by atoms with E-state index in [2.05, 4.69) is 10.1 Å². The number of nitrogens with zero attached hydrogens (tertiary/aromatic N) is 4. The smallest absolute Gasteiger partial charge is 0.276 e. The molecule has 1 aliphatic heterocycles. The Morgan fingerprint density at radius 3 is 2.92 bits per heavy atom. The van der Waals surface area contributed by atoms with Crippen molar-refractivity contribution in [1.29, 1.82) is 0 Å². The maximum absolute atomic E-state index is 12.8. The highest BCUT2D eigenvalue weighted by Gasteiger charge is 2.17. The molecule has 7 nitrogen and oxygen atoms in total. The Balaban J connectivity index is 1.76. The summed E-state index contributed by atoms with van der Waals surface area (Å²) in [7, 11) is 1.82. The van der Waals surface area contributed by atoms with E-state index < -0.39 is 0 Å². The average molecular weight is 347 g/mol. The van der Waals surface area contributed by atoms with Crippen molar-refractivity contribution >= 4 is 22.4 Å². The molecule has 0 saturated carbocycles. The summed E-state index contributed by atoms with van der Waals surface area (Å²) in [5.74, 6) is 1.07. The van der Waals surface area contributed by atoms with Gasteiger partial charge in [-0.05, 0) is 19.1 Å². The van der Waals surface area contributed by atoms with Gasteiger partial charge in [0.1, 0.15) is 18.4 Å². The Hall–Kier alpha value is -2.54. The molecule has 0 fully saturated rings. The minimum Gasteiger partial charge on any atom is -0.484 e. The predicted molar refractivity (Wildman–Crippen MR) is 89.1 cm³/mol. The van der Waals surface area contributed by atoms with Gasteiger partial charge in [-0.2, -0.15) is 5.10 Å². The summed E-state index contributed by atoms with van der Waals surface area (Å²) >= 11 is 6.24. The molecule has 8 heteroatoms. The van der Waals surface area contributed by atoms with Crippen molar-refractivity contribution in [3.8, 4) is 11.6 Å². The first-order valence-electron chi connectivity index (χ1n) is 7.52. The summed E-state index contributed by atoms with van der Waals surface area (Å²) in [4.78, 5) is 17.1. The Kier molecular flexibility index (Phi) is 3.45. The van der Waals surface area contributed by atoms with E-state index in [9.17, 15) is 4.79 Å². The van der Waals surface area contributed by atoms with E-state index in [1.807, 2.05) is 14.0 Å². The Morgan fingerprint density at radius 2 is 2.08 bits per heavy atom. The minimum absolute atomic E-state index is 0.191. The van der Waals surface area contributed by atoms with Gasteiger partial charge >= 0.3 is 0 Å². The van der Waals surface area contributed by atoms with E-state index in [-0.39, 0.29) is 12.1 Å². The maximum Gasteiger partial charge on any atom is 0.276 e. The topological polar surface area (TPSA) is 71.2 Å². The highest BCUT2D eigenvalue weighted by atomic mass is 35.5. The van der Waals surface area contributed by atoms with Gasteiger partial charge in [-0.3, -0.25) is 4.79 Å². The number of hydrogen-bond acceptors (Lipinski definition) is 5. The van der Waals surface area contributed by atoms with Crippen molar-refractivity contribution in [2.75, 3.05) is 13.2 Å². The Morgan fingerprint density at radius 1 is 1.29 bits per heavy atom. The van der Waals surface area contributed by atoms with E-state index in [1.54, 1.807) is 22.9 Å². The SMILES string of the molecule is Cc1c2c(=O)n(Cc3ccc4c(n3)OCCO4)ncc2c(Cl)n1C. The highest BCUT2D eigenvalue weighted by molar-refractivity contribution is 6.34. The molecule has 0 radical (unpaired) electrons. The zero-order valence-corrected chi connectivity index (χ0v) is 14.0. The molecule has 0 aliphatic carbocycles. The monoisotopic (exact) mass is 346 g/mol. The first kappa shape index (κ1) is 15.0. The van der Waals surface area contributed by atoms with Crippen LogP contribution in [0.3, 0.4) is 0 Å². The van der Waals surface area contributed by atoms with Gasteiger partial charge in [0.25, 0.3) is 11.4 Å². The molecule has 4 rings (SSSR count). The fourth-order valence-corrected chi connectivity index (χ4v) is 3.08. The summed E-state index contributed by atoms with van der Waals surface area (Å²) in [5.41, 5.74) is 1.29. The number of aryl methyl sites for hydroxylation is 1. The third-order valence-corrected chi connectivity index (χ3v) is 4.66. The summed E-state index contributed by atoms with van der Waals surface area (Å²) in [6, 6.07) is 3.60. The molecule has 4 heterocycles. The van der Waals surface area contributed by atoms with Crippen molar-refractivity contribution in [2.24, 2.45) is 7.05 Å². The number of pyridine rings is 1. The number of hydrogen-bond donors (Lipinski definition) is 0. The average Bonchev–Trinajstić information content (AvgIpc) is 2.82. The first-order valence-corrected chi connectivity index (χ1v) is 7.90. The van der Waals surface area contributed by atoms with Crippen LogP contribution >= 0.6 is 11.6 Å². The molecule has 1 aliphatic rings. The first-order chi connectivity index (χ1) is 11.6. The predicted octanol–water partition coefficient (Wildman–Crippen LogP) is 1.91. The fraction of sp³-hybridized carbons (Fsp3) is 0.312. The van der Waals surface area contributed by atoms with Crippen molar-refractivity contribution in [2.45, 2.75) is 13.5 Å². The molecule has 3 aromatic heterocycles. The van der Waals surface area contributed by atoms with Gasteiger partial charge in [0.15, 0.2) is 5.75 Å². The third kappa shape index (κ3) is 2.24. The number of aromatic nitrogens is 4. The highest BCUT2D eigenvalue weighted by Crippen LogP contribution is 2.28. The van der Waals surface area contributed by atoms with Crippen LogP contribution in [0.2, 0.25) is 5.15 Å². The van der Waals surface area contributed by atoms with E-state index in [0.29, 0.717) is 46.5 Å². The lowest BCUT2D eigenvalue weighted by Gasteiger charge is -2.17. The summed E-state index contributed by atoms with van der Waals surface area (Å²) in [5, 5.41) is 5.97. The maximum atomic E-state index is 12.8. The van der Waals surface area contributed by atoms with Crippen molar-refractivity contribution < 1.29 is 9.47 Å². The van der Waals surface area contributed by atoms with Crippen LogP contribution in [-0.4, -0.2) is 32.5 Å². The van der Waals surface area contributed by atoms with Gasteiger partial charge in [-0.25, -0.2) is 9.67 Å². The normalized spacial score (nSPS) is 13.5. The molecule has 0 amide bonds. The molecule has 124 valence electrons. The van der Waals surface area contributed by atoms with Crippen molar-refractivity contribution in [3.63, 3.8) is 0 Å². The van der Waals surface area contributed by atoms with Gasteiger partial charge in [-0.1, -0.05) is 11.6 Å². The van der Waals surface area contributed by atoms with Crippen LogP contribution in [0.4, 0.5) is 0 Å².